The summed E-state index contributed by atoms with van der Waals surface area (Å²) in [4.78, 5) is 16.7. The third-order valence-electron chi connectivity index (χ3n) is 3.41. The highest BCUT2D eigenvalue weighted by molar-refractivity contribution is 6.13. The molecule has 3 rings (SSSR count). The summed E-state index contributed by atoms with van der Waals surface area (Å²) in [6, 6.07) is 14.4. The van der Waals surface area contributed by atoms with Crippen LogP contribution in [0.15, 0.2) is 54.7 Å². The standard InChI is InChI=1S/C17H15N3O2/c1-22-15-8-3-2-7-14(15)20-17(21)16-12-5-4-6-13(18)11(12)9-10-19-16/h2-10H,18H2,1H3,(H,20,21). The molecule has 0 atom stereocenters. The van der Waals surface area contributed by atoms with Crippen molar-refractivity contribution in [2.75, 3.05) is 18.2 Å². The number of carbonyl (C=O) groups excluding carboxylic acids is 1. The Bertz CT molecular complexity index is 846. The molecule has 0 fully saturated rings. The number of carbonyl (C=O) groups is 1. The van der Waals surface area contributed by atoms with Gasteiger partial charge in [-0.3, -0.25) is 9.78 Å². The summed E-state index contributed by atoms with van der Waals surface area (Å²) in [6.45, 7) is 0. The fourth-order valence-electron chi connectivity index (χ4n) is 2.34. The summed E-state index contributed by atoms with van der Waals surface area (Å²) < 4.78 is 5.23. The van der Waals surface area contributed by atoms with Gasteiger partial charge in [0.15, 0.2) is 0 Å². The van der Waals surface area contributed by atoms with Crippen molar-refractivity contribution >= 4 is 28.1 Å². The predicted molar refractivity (Wildman–Crippen MR) is 87.1 cm³/mol. The Kier molecular flexibility index (Phi) is 3.62. The number of nitrogens with two attached hydrogens (primary N) is 1. The average Bonchev–Trinajstić information content (AvgIpc) is 2.55. The van der Waals surface area contributed by atoms with E-state index in [4.69, 9.17) is 10.5 Å². The number of methoxy groups -OCH3 is 1. The number of ether oxygens (including phenoxy) is 1. The average molecular weight is 293 g/mol. The molecule has 3 aromatic rings. The van der Waals surface area contributed by atoms with E-state index in [1.807, 2.05) is 18.2 Å². The predicted octanol–water partition coefficient (Wildman–Crippen LogP) is 3.08. The van der Waals surface area contributed by atoms with E-state index in [1.165, 1.54) is 0 Å². The van der Waals surface area contributed by atoms with Crippen LogP contribution in [0.2, 0.25) is 0 Å². The number of nitrogens with one attached hydrogen (secondary N) is 1. The van der Waals surface area contributed by atoms with Gasteiger partial charge in [-0.25, -0.2) is 0 Å². The van der Waals surface area contributed by atoms with Crippen molar-refractivity contribution in [3.63, 3.8) is 0 Å². The van der Waals surface area contributed by atoms with E-state index >= 15 is 0 Å². The highest BCUT2D eigenvalue weighted by atomic mass is 16.5. The first kappa shape index (κ1) is 13.9. The number of hydrogen-bond donors (Lipinski definition) is 2. The molecule has 5 heteroatoms. The summed E-state index contributed by atoms with van der Waals surface area (Å²) in [5.74, 6) is 0.288. The summed E-state index contributed by atoms with van der Waals surface area (Å²) >= 11 is 0. The highest BCUT2D eigenvalue weighted by Gasteiger charge is 2.14. The van der Waals surface area contributed by atoms with Crippen LogP contribution in [0.1, 0.15) is 10.5 Å². The number of para-hydroxylation sites is 2. The van der Waals surface area contributed by atoms with Crippen LogP contribution in [0.5, 0.6) is 5.75 Å². The molecular formula is C17H15N3O2. The van der Waals surface area contributed by atoms with Crippen molar-refractivity contribution in [3.05, 3.63) is 60.4 Å². The van der Waals surface area contributed by atoms with Crippen LogP contribution in [0.3, 0.4) is 0 Å². The van der Waals surface area contributed by atoms with Crippen molar-refractivity contribution in [1.29, 1.82) is 0 Å². The molecule has 0 aliphatic heterocycles. The number of rotatable bonds is 3. The molecule has 0 saturated carbocycles. The molecule has 5 nitrogen and oxygen atoms in total. The molecule has 110 valence electrons. The molecule has 0 radical (unpaired) electrons. The molecule has 3 N–H and O–H groups in total. The fourth-order valence-corrected chi connectivity index (χ4v) is 2.34. The van der Waals surface area contributed by atoms with E-state index in [0.29, 0.717) is 22.8 Å². The minimum absolute atomic E-state index is 0.305. The van der Waals surface area contributed by atoms with E-state index in [2.05, 4.69) is 10.3 Å². The Balaban J connectivity index is 2.01. The third-order valence-corrected chi connectivity index (χ3v) is 3.41. The lowest BCUT2D eigenvalue weighted by atomic mass is 10.1. The van der Waals surface area contributed by atoms with Crippen molar-refractivity contribution in [2.24, 2.45) is 0 Å². The maximum absolute atomic E-state index is 12.5. The molecular weight excluding hydrogens is 278 g/mol. The van der Waals surface area contributed by atoms with Gasteiger partial charge in [0.25, 0.3) is 5.91 Å². The molecule has 0 bridgehead atoms. The van der Waals surface area contributed by atoms with Gasteiger partial charge in [-0.1, -0.05) is 24.3 Å². The number of fused-ring (bicyclic) bond motifs is 1. The second-order valence-electron chi connectivity index (χ2n) is 4.76. The maximum Gasteiger partial charge on any atom is 0.275 e. The van der Waals surface area contributed by atoms with Crippen LogP contribution < -0.4 is 15.8 Å². The van der Waals surface area contributed by atoms with Gasteiger partial charge in [0.1, 0.15) is 11.4 Å². The number of nitrogen functional groups attached to an aromatic ring is 1. The van der Waals surface area contributed by atoms with Crippen LogP contribution in [-0.2, 0) is 0 Å². The van der Waals surface area contributed by atoms with Gasteiger partial charge in [0, 0.05) is 22.7 Å². The van der Waals surface area contributed by atoms with E-state index < -0.39 is 0 Å². The van der Waals surface area contributed by atoms with E-state index in [9.17, 15) is 4.79 Å². The molecule has 0 saturated heterocycles. The Morgan fingerprint density at radius 2 is 1.91 bits per heavy atom. The van der Waals surface area contributed by atoms with Gasteiger partial charge < -0.3 is 15.8 Å². The summed E-state index contributed by atoms with van der Waals surface area (Å²) in [5.41, 5.74) is 7.49. The van der Waals surface area contributed by atoms with E-state index in [0.717, 1.165) is 10.8 Å². The summed E-state index contributed by atoms with van der Waals surface area (Å²) in [7, 11) is 1.56. The number of aromatic nitrogens is 1. The molecule has 1 heterocycles. The Hall–Kier alpha value is -3.08. The Morgan fingerprint density at radius 3 is 2.73 bits per heavy atom. The van der Waals surface area contributed by atoms with Crippen LogP contribution in [0.4, 0.5) is 11.4 Å². The number of pyridine rings is 1. The van der Waals surface area contributed by atoms with Crippen molar-refractivity contribution < 1.29 is 9.53 Å². The number of hydrogen-bond acceptors (Lipinski definition) is 4. The van der Waals surface area contributed by atoms with Crippen molar-refractivity contribution in [3.8, 4) is 5.75 Å². The van der Waals surface area contributed by atoms with Gasteiger partial charge in [0.2, 0.25) is 0 Å². The molecule has 0 aliphatic rings. The monoisotopic (exact) mass is 293 g/mol. The minimum Gasteiger partial charge on any atom is -0.495 e. The summed E-state index contributed by atoms with van der Waals surface area (Å²) in [5, 5.41) is 4.35. The lowest BCUT2D eigenvalue weighted by Crippen LogP contribution is -2.14. The zero-order valence-electron chi connectivity index (χ0n) is 12.0. The van der Waals surface area contributed by atoms with E-state index in [1.54, 1.807) is 43.6 Å². The van der Waals surface area contributed by atoms with E-state index in [-0.39, 0.29) is 5.91 Å². The largest absolute Gasteiger partial charge is 0.495 e. The van der Waals surface area contributed by atoms with Crippen LogP contribution in [0, 0.1) is 0 Å². The first-order valence-corrected chi connectivity index (χ1v) is 6.78. The SMILES string of the molecule is COc1ccccc1NC(=O)c1nccc2c(N)cccc12. The second-order valence-corrected chi connectivity index (χ2v) is 4.76. The van der Waals surface area contributed by atoms with Crippen molar-refractivity contribution in [2.45, 2.75) is 0 Å². The lowest BCUT2D eigenvalue weighted by molar-refractivity contribution is 0.102. The molecule has 0 aliphatic carbocycles. The van der Waals surface area contributed by atoms with Gasteiger partial charge in [0.05, 0.1) is 12.8 Å². The van der Waals surface area contributed by atoms with Gasteiger partial charge >= 0.3 is 0 Å². The normalized spacial score (nSPS) is 10.4. The topological polar surface area (TPSA) is 77.2 Å². The first-order chi connectivity index (χ1) is 10.7. The third kappa shape index (κ3) is 2.44. The number of anilines is 2. The quantitative estimate of drug-likeness (QED) is 0.727. The van der Waals surface area contributed by atoms with Crippen LogP contribution in [-0.4, -0.2) is 18.0 Å². The number of amides is 1. The van der Waals surface area contributed by atoms with Crippen LogP contribution >= 0.6 is 0 Å². The lowest BCUT2D eigenvalue weighted by Gasteiger charge is -2.11. The zero-order valence-corrected chi connectivity index (χ0v) is 12.0. The second kappa shape index (κ2) is 5.73. The first-order valence-electron chi connectivity index (χ1n) is 6.78. The number of nitrogens with zero attached hydrogens (tertiary/aromatic N) is 1. The molecule has 1 aromatic heterocycles. The molecule has 1 amide bonds. The minimum atomic E-state index is -0.305. The number of benzene rings is 2. The molecule has 22 heavy (non-hydrogen) atoms. The zero-order chi connectivity index (χ0) is 15.5. The smallest absolute Gasteiger partial charge is 0.275 e. The van der Waals surface area contributed by atoms with Crippen LogP contribution in [0.25, 0.3) is 10.8 Å². The van der Waals surface area contributed by atoms with Gasteiger partial charge in [-0.2, -0.15) is 0 Å². The molecule has 2 aromatic carbocycles. The fraction of sp³-hybridized carbons (Fsp3) is 0.0588. The summed E-state index contributed by atoms with van der Waals surface area (Å²) in [6.07, 6.45) is 1.58. The Morgan fingerprint density at radius 1 is 1.09 bits per heavy atom. The Labute approximate surface area is 127 Å². The van der Waals surface area contributed by atoms with Crippen molar-refractivity contribution in [1.82, 2.24) is 4.98 Å². The molecule has 0 spiro atoms. The van der Waals surface area contributed by atoms with Gasteiger partial charge in [-0.05, 0) is 24.3 Å². The highest BCUT2D eigenvalue weighted by Crippen LogP contribution is 2.26. The molecule has 0 unspecified atom stereocenters. The van der Waals surface area contributed by atoms with Gasteiger partial charge in [-0.15, -0.1) is 0 Å². The maximum atomic E-state index is 12.5.